The van der Waals surface area contributed by atoms with Crippen molar-refractivity contribution >= 4 is 41.7 Å². The number of carbonyl (C=O) groups is 2. The number of morpholine rings is 1. The lowest BCUT2D eigenvalue weighted by atomic mass is 10.1. The molecule has 2 N–H and O–H groups in total. The first kappa shape index (κ1) is 20.0. The molecule has 1 aromatic rings. The van der Waals surface area contributed by atoms with Crippen LogP contribution in [0.5, 0.6) is 0 Å². The maximum absolute atomic E-state index is 12.3. The van der Waals surface area contributed by atoms with Gasteiger partial charge in [0.05, 0.1) is 19.6 Å². The predicted molar refractivity (Wildman–Crippen MR) is 103 cm³/mol. The molecule has 1 atom stereocenters. The van der Waals surface area contributed by atoms with Crippen LogP contribution in [0, 0.1) is 0 Å². The largest absolute Gasteiger partial charge is 0.378 e. The van der Waals surface area contributed by atoms with E-state index in [4.69, 9.17) is 4.74 Å². The molecule has 2 aliphatic heterocycles. The van der Waals surface area contributed by atoms with Gasteiger partial charge in [0.25, 0.3) is 0 Å². The summed E-state index contributed by atoms with van der Waals surface area (Å²) < 4.78 is 5.29. The highest BCUT2D eigenvalue weighted by atomic mass is 35.5. The average Bonchev–Trinajstić information content (AvgIpc) is 2.65. The number of benzene rings is 1. The van der Waals surface area contributed by atoms with Gasteiger partial charge in [-0.3, -0.25) is 9.59 Å². The van der Waals surface area contributed by atoms with Gasteiger partial charge in [0.2, 0.25) is 11.8 Å². The molecule has 0 spiro atoms. The number of hydrogen-bond acceptors (Lipinski definition) is 5. The SMILES string of the molecule is Cl.O=C(Nc1ccc(CC(=O)N2CCSCC2)cc1)C1COCCN1. The molecular formula is C17H24ClN3O3S. The van der Waals surface area contributed by atoms with Crippen LogP contribution in [0.2, 0.25) is 0 Å². The number of anilines is 1. The summed E-state index contributed by atoms with van der Waals surface area (Å²) in [6, 6.07) is 7.18. The van der Waals surface area contributed by atoms with Crippen LogP contribution in [0.3, 0.4) is 0 Å². The monoisotopic (exact) mass is 385 g/mol. The zero-order valence-corrected chi connectivity index (χ0v) is 15.7. The third kappa shape index (κ3) is 5.88. The Bertz CT molecular complexity index is 522. The molecule has 2 fully saturated rings. The summed E-state index contributed by atoms with van der Waals surface area (Å²) in [7, 11) is 0. The van der Waals surface area contributed by atoms with E-state index in [1.807, 2.05) is 40.9 Å². The quantitative estimate of drug-likeness (QED) is 0.813. The molecule has 2 amide bonds. The molecule has 3 rings (SSSR count). The Morgan fingerprint density at radius 2 is 1.96 bits per heavy atom. The number of ether oxygens (including phenoxy) is 1. The Morgan fingerprint density at radius 1 is 1.24 bits per heavy atom. The van der Waals surface area contributed by atoms with E-state index in [9.17, 15) is 9.59 Å². The molecule has 8 heteroatoms. The molecular weight excluding hydrogens is 362 g/mol. The minimum Gasteiger partial charge on any atom is -0.378 e. The fourth-order valence-electron chi connectivity index (χ4n) is 2.77. The third-order valence-corrected chi connectivity index (χ3v) is 5.12. The highest BCUT2D eigenvalue weighted by Gasteiger charge is 2.21. The molecule has 0 bridgehead atoms. The van der Waals surface area contributed by atoms with Gasteiger partial charge in [-0.25, -0.2) is 0 Å². The fourth-order valence-corrected chi connectivity index (χ4v) is 3.67. The van der Waals surface area contributed by atoms with Crippen LogP contribution in [-0.4, -0.2) is 67.1 Å². The van der Waals surface area contributed by atoms with Crippen LogP contribution < -0.4 is 10.6 Å². The van der Waals surface area contributed by atoms with E-state index in [1.54, 1.807) is 0 Å². The van der Waals surface area contributed by atoms with Crippen molar-refractivity contribution in [2.45, 2.75) is 12.5 Å². The van der Waals surface area contributed by atoms with Gasteiger partial charge < -0.3 is 20.3 Å². The molecule has 0 radical (unpaired) electrons. The standard InChI is InChI=1S/C17H23N3O3S.ClH/c21-16(20-6-9-24-10-7-20)11-13-1-3-14(4-2-13)19-17(22)15-12-23-8-5-18-15;/h1-4,15,18H,5-12H2,(H,19,22);1H. The zero-order chi connectivity index (χ0) is 16.8. The number of nitrogens with one attached hydrogen (secondary N) is 2. The normalized spacial score (nSPS) is 20.5. The van der Waals surface area contributed by atoms with E-state index in [0.717, 1.165) is 35.8 Å². The summed E-state index contributed by atoms with van der Waals surface area (Å²) in [6.07, 6.45) is 0.414. The predicted octanol–water partition coefficient (Wildman–Crippen LogP) is 1.15. The van der Waals surface area contributed by atoms with Gasteiger partial charge in [-0.05, 0) is 17.7 Å². The van der Waals surface area contributed by atoms with Crippen molar-refractivity contribution in [1.29, 1.82) is 0 Å². The molecule has 2 aliphatic rings. The summed E-state index contributed by atoms with van der Waals surface area (Å²) >= 11 is 1.89. The maximum Gasteiger partial charge on any atom is 0.243 e. The Balaban J connectivity index is 0.00000225. The lowest BCUT2D eigenvalue weighted by Gasteiger charge is -2.26. The van der Waals surface area contributed by atoms with Gasteiger partial charge in [0.1, 0.15) is 6.04 Å². The summed E-state index contributed by atoms with van der Waals surface area (Å²) in [6.45, 7) is 3.41. The smallest absolute Gasteiger partial charge is 0.243 e. The molecule has 6 nitrogen and oxygen atoms in total. The van der Waals surface area contributed by atoms with Crippen molar-refractivity contribution in [2.75, 3.05) is 49.7 Å². The van der Waals surface area contributed by atoms with E-state index < -0.39 is 0 Å². The molecule has 138 valence electrons. The second kappa shape index (κ2) is 10.0. The van der Waals surface area contributed by atoms with E-state index in [0.29, 0.717) is 26.2 Å². The van der Waals surface area contributed by atoms with Crippen molar-refractivity contribution in [1.82, 2.24) is 10.2 Å². The number of halogens is 1. The first-order chi connectivity index (χ1) is 11.7. The van der Waals surface area contributed by atoms with Crippen LogP contribution in [0.25, 0.3) is 0 Å². The third-order valence-electron chi connectivity index (χ3n) is 4.18. The number of thioether (sulfide) groups is 1. The molecule has 2 saturated heterocycles. The first-order valence-electron chi connectivity index (χ1n) is 8.29. The van der Waals surface area contributed by atoms with Crippen LogP contribution in [0.15, 0.2) is 24.3 Å². The first-order valence-corrected chi connectivity index (χ1v) is 9.44. The maximum atomic E-state index is 12.3. The molecule has 25 heavy (non-hydrogen) atoms. The molecule has 0 aliphatic carbocycles. The number of carbonyl (C=O) groups excluding carboxylic acids is 2. The summed E-state index contributed by atoms with van der Waals surface area (Å²) in [5, 5.41) is 6.00. The lowest BCUT2D eigenvalue weighted by molar-refractivity contribution is -0.130. The summed E-state index contributed by atoms with van der Waals surface area (Å²) in [4.78, 5) is 26.3. The van der Waals surface area contributed by atoms with E-state index in [2.05, 4.69) is 10.6 Å². The van der Waals surface area contributed by atoms with Crippen molar-refractivity contribution in [3.8, 4) is 0 Å². The fraction of sp³-hybridized carbons (Fsp3) is 0.529. The van der Waals surface area contributed by atoms with Crippen LogP contribution in [-0.2, 0) is 20.7 Å². The van der Waals surface area contributed by atoms with Crippen LogP contribution in [0.1, 0.15) is 5.56 Å². The van der Waals surface area contributed by atoms with Gasteiger partial charge >= 0.3 is 0 Å². The van der Waals surface area contributed by atoms with Gasteiger partial charge in [-0.1, -0.05) is 12.1 Å². The van der Waals surface area contributed by atoms with E-state index >= 15 is 0 Å². The second-order valence-corrected chi connectivity index (χ2v) is 7.16. The molecule has 0 saturated carbocycles. The van der Waals surface area contributed by atoms with Crippen molar-refractivity contribution in [3.63, 3.8) is 0 Å². The minimum atomic E-state index is -0.308. The number of hydrogen-bond donors (Lipinski definition) is 2. The molecule has 1 unspecified atom stereocenters. The Morgan fingerprint density at radius 3 is 2.60 bits per heavy atom. The highest BCUT2D eigenvalue weighted by molar-refractivity contribution is 7.99. The summed E-state index contributed by atoms with van der Waals surface area (Å²) in [5.74, 6) is 2.13. The van der Waals surface area contributed by atoms with Crippen molar-refractivity contribution < 1.29 is 14.3 Å². The van der Waals surface area contributed by atoms with Crippen LogP contribution in [0.4, 0.5) is 5.69 Å². The van der Waals surface area contributed by atoms with Crippen LogP contribution >= 0.6 is 24.2 Å². The van der Waals surface area contributed by atoms with Gasteiger partial charge in [-0.15, -0.1) is 12.4 Å². The molecule has 1 aromatic carbocycles. The van der Waals surface area contributed by atoms with Gasteiger partial charge in [-0.2, -0.15) is 11.8 Å². The Hall–Kier alpha value is -1.28. The Kier molecular flexibility index (Phi) is 8.02. The second-order valence-electron chi connectivity index (χ2n) is 5.94. The number of nitrogens with zero attached hydrogens (tertiary/aromatic N) is 1. The van der Waals surface area contributed by atoms with Crippen molar-refractivity contribution in [3.05, 3.63) is 29.8 Å². The Labute approximate surface area is 158 Å². The lowest BCUT2D eigenvalue weighted by Crippen LogP contribution is -2.48. The number of rotatable bonds is 4. The average molecular weight is 386 g/mol. The summed E-state index contributed by atoms with van der Waals surface area (Å²) in [5.41, 5.74) is 1.70. The zero-order valence-electron chi connectivity index (χ0n) is 14.0. The minimum absolute atomic E-state index is 0. The van der Waals surface area contributed by atoms with E-state index in [-0.39, 0.29) is 30.3 Å². The highest BCUT2D eigenvalue weighted by Crippen LogP contribution is 2.14. The van der Waals surface area contributed by atoms with Gasteiger partial charge in [0.15, 0.2) is 0 Å². The van der Waals surface area contributed by atoms with Gasteiger partial charge in [0, 0.05) is 36.8 Å². The van der Waals surface area contributed by atoms with E-state index in [1.165, 1.54) is 0 Å². The number of amides is 2. The van der Waals surface area contributed by atoms with Crippen molar-refractivity contribution in [2.24, 2.45) is 0 Å². The topological polar surface area (TPSA) is 70.7 Å². The molecule has 0 aromatic heterocycles. The molecule has 2 heterocycles.